The molecule has 3 rings (SSSR count). The molecular formula is C26H21FN2O4. The standard InChI is InChI=1S/C26H21FN2O4/c1-16-7-6-8-17(2)24(16)29-25(30)19(15-28)13-18-11-12-22(23(14-18)32-3)33-26(31)20-9-4-5-10-21(20)27/h4-14H,1-3H3,(H,29,30)/b19-13+. The second-order valence-electron chi connectivity index (χ2n) is 7.17. The van der Waals surface area contributed by atoms with Crippen LogP contribution in [-0.2, 0) is 4.79 Å². The summed E-state index contributed by atoms with van der Waals surface area (Å²) in [5, 5.41) is 12.3. The maximum absolute atomic E-state index is 13.8. The Bertz CT molecular complexity index is 1270. The highest BCUT2D eigenvalue weighted by atomic mass is 19.1. The smallest absolute Gasteiger partial charge is 0.346 e. The number of benzene rings is 3. The van der Waals surface area contributed by atoms with Gasteiger partial charge in [-0.05, 0) is 60.9 Å². The average Bonchev–Trinajstić information content (AvgIpc) is 2.80. The van der Waals surface area contributed by atoms with Crippen molar-refractivity contribution in [2.24, 2.45) is 0 Å². The molecule has 0 aliphatic rings. The van der Waals surface area contributed by atoms with E-state index >= 15 is 0 Å². The van der Waals surface area contributed by atoms with Crippen molar-refractivity contribution in [3.63, 3.8) is 0 Å². The summed E-state index contributed by atoms with van der Waals surface area (Å²) in [5.41, 5.74) is 2.56. The first-order chi connectivity index (χ1) is 15.8. The number of amides is 1. The summed E-state index contributed by atoms with van der Waals surface area (Å²) in [4.78, 5) is 25.0. The van der Waals surface area contributed by atoms with E-state index in [0.717, 1.165) is 17.2 Å². The molecule has 0 fully saturated rings. The van der Waals surface area contributed by atoms with Gasteiger partial charge in [-0.25, -0.2) is 9.18 Å². The number of para-hydroxylation sites is 1. The van der Waals surface area contributed by atoms with E-state index in [4.69, 9.17) is 9.47 Å². The molecule has 7 heteroatoms. The van der Waals surface area contributed by atoms with Crippen molar-refractivity contribution in [1.82, 2.24) is 0 Å². The summed E-state index contributed by atoms with van der Waals surface area (Å²) >= 11 is 0. The largest absolute Gasteiger partial charge is 0.493 e. The first-order valence-corrected chi connectivity index (χ1v) is 9.98. The molecule has 1 N–H and O–H groups in total. The van der Waals surface area contributed by atoms with Gasteiger partial charge in [0.15, 0.2) is 11.5 Å². The molecule has 0 spiro atoms. The lowest BCUT2D eigenvalue weighted by atomic mass is 10.1. The number of esters is 1. The minimum absolute atomic E-state index is 0.0707. The van der Waals surface area contributed by atoms with Gasteiger partial charge < -0.3 is 14.8 Å². The van der Waals surface area contributed by atoms with Crippen LogP contribution in [0.3, 0.4) is 0 Å². The predicted octanol–water partition coefficient (Wildman–Crippen LogP) is 5.22. The number of halogens is 1. The van der Waals surface area contributed by atoms with Crippen LogP contribution in [0.1, 0.15) is 27.0 Å². The Labute approximate surface area is 190 Å². The van der Waals surface area contributed by atoms with Gasteiger partial charge in [-0.2, -0.15) is 5.26 Å². The normalized spacial score (nSPS) is 10.8. The fourth-order valence-electron chi connectivity index (χ4n) is 3.15. The Morgan fingerprint density at radius 1 is 1.00 bits per heavy atom. The second-order valence-corrected chi connectivity index (χ2v) is 7.17. The first kappa shape index (κ1) is 23.2. The molecule has 0 aromatic heterocycles. The maximum Gasteiger partial charge on any atom is 0.346 e. The fraction of sp³-hybridized carbons (Fsp3) is 0.115. The molecule has 0 radical (unpaired) electrons. The van der Waals surface area contributed by atoms with Crippen molar-refractivity contribution in [3.8, 4) is 17.6 Å². The monoisotopic (exact) mass is 444 g/mol. The van der Waals surface area contributed by atoms with Crippen molar-refractivity contribution >= 4 is 23.6 Å². The van der Waals surface area contributed by atoms with Gasteiger partial charge in [-0.3, -0.25) is 4.79 Å². The molecule has 0 aliphatic heterocycles. The zero-order chi connectivity index (χ0) is 24.0. The number of nitrogens with one attached hydrogen (secondary N) is 1. The number of ether oxygens (including phenoxy) is 2. The minimum atomic E-state index is -0.875. The number of carbonyl (C=O) groups is 2. The number of methoxy groups -OCH3 is 1. The number of anilines is 1. The molecule has 1 amide bonds. The van der Waals surface area contributed by atoms with Crippen molar-refractivity contribution in [2.45, 2.75) is 13.8 Å². The number of rotatable bonds is 6. The van der Waals surface area contributed by atoms with Crippen LogP contribution in [0.4, 0.5) is 10.1 Å². The number of nitrogens with zero attached hydrogens (tertiary/aromatic N) is 1. The lowest BCUT2D eigenvalue weighted by Gasteiger charge is -2.12. The van der Waals surface area contributed by atoms with Crippen LogP contribution in [0.15, 0.2) is 66.2 Å². The van der Waals surface area contributed by atoms with Gasteiger partial charge in [-0.1, -0.05) is 36.4 Å². The Morgan fingerprint density at radius 2 is 1.70 bits per heavy atom. The van der Waals surface area contributed by atoms with Crippen LogP contribution in [-0.4, -0.2) is 19.0 Å². The highest BCUT2D eigenvalue weighted by Gasteiger charge is 2.17. The van der Waals surface area contributed by atoms with Crippen molar-refractivity contribution in [1.29, 1.82) is 5.26 Å². The topological polar surface area (TPSA) is 88.4 Å². The van der Waals surface area contributed by atoms with Crippen LogP contribution < -0.4 is 14.8 Å². The summed E-state index contributed by atoms with van der Waals surface area (Å²) in [5.74, 6) is -1.87. The number of aryl methyl sites for hydroxylation is 2. The predicted molar refractivity (Wildman–Crippen MR) is 122 cm³/mol. The highest BCUT2D eigenvalue weighted by Crippen LogP contribution is 2.30. The van der Waals surface area contributed by atoms with E-state index in [9.17, 15) is 19.2 Å². The molecule has 0 bridgehead atoms. The van der Waals surface area contributed by atoms with Gasteiger partial charge in [0.1, 0.15) is 17.5 Å². The number of carbonyl (C=O) groups excluding carboxylic acids is 2. The van der Waals surface area contributed by atoms with Gasteiger partial charge in [0.2, 0.25) is 0 Å². The number of hydrogen-bond acceptors (Lipinski definition) is 5. The zero-order valence-corrected chi connectivity index (χ0v) is 18.3. The maximum atomic E-state index is 13.8. The van der Waals surface area contributed by atoms with E-state index in [0.29, 0.717) is 11.3 Å². The van der Waals surface area contributed by atoms with E-state index in [1.807, 2.05) is 38.1 Å². The van der Waals surface area contributed by atoms with Crippen molar-refractivity contribution in [2.75, 3.05) is 12.4 Å². The first-order valence-electron chi connectivity index (χ1n) is 9.98. The minimum Gasteiger partial charge on any atom is -0.493 e. The van der Waals surface area contributed by atoms with Crippen LogP contribution in [0.2, 0.25) is 0 Å². The molecule has 3 aromatic rings. The molecular weight excluding hydrogens is 423 g/mol. The summed E-state index contributed by atoms with van der Waals surface area (Å²) in [6.45, 7) is 3.73. The average molecular weight is 444 g/mol. The molecule has 0 heterocycles. The number of nitriles is 1. The Morgan fingerprint density at radius 3 is 2.33 bits per heavy atom. The Balaban J connectivity index is 1.84. The van der Waals surface area contributed by atoms with Crippen LogP contribution >= 0.6 is 0 Å². The highest BCUT2D eigenvalue weighted by molar-refractivity contribution is 6.10. The quantitative estimate of drug-likeness (QED) is 0.244. The molecule has 166 valence electrons. The summed E-state index contributed by atoms with van der Waals surface area (Å²) in [7, 11) is 1.38. The molecule has 0 atom stereocenters. The molecule has 0 unspecified atom stereocenters. The third-order valence-corrected chi connectivity index (χ3v) is 4.88. The van der Waals surface area contributed by atoms with E-state index in [1.165, 1.54) is 43.5 Å². The molecule has 33 heavy (non-hydrogen) atoms. The lowest BCUT2D eigenvalue weighted by Crippen LogP contribution is -2.15. The Hall–Kier alpha value is -4.44. The molecule has 0 saturated carbocycles. The molecule has 0 saturated heterocycles. The van der Waals surface area contributed by atoms with E-state index < -0.39 is 17.7 Å². The molecule has 6 nitrogen and oxygen atoms in total. The lowest BCUT2D eigenvalue weighted by molar-refractivity contribution is -0.112. The van der Waals surface area contributed by atoms with Gasteiger partial charge in [-0.15, -0.1) is 0 Å². The van der Waals surface area contributed by atoms with Crippen LogP contribution in [0, 0.1) is 31.0 Å². The van der Waals surface area contributed by atoms with Crippen molar-refractivity contribution in [3.05, 3.63) is 94.3 Å². The van der Waals surface area contributed by atoms with Gasteiger partial charge in [0.05, 0.1) is 12.7 Å². The fourth-order valence-corrected chi connectivity index (χ4v) is 3.15. The van der Waals surface area contributed by atoms with Gasteiger partial charge in [0, 0.05) is 5.69 Å². The zero-order valence-electron chi connectivity index (χ0n) is 18.3. The summed E-state index contributed by atoms with van der Waals surface area (Å²) in [6.07, 6.45) is 1.40. The number of hydrogen-bond donors (Lipinski definition) is 1. The van der Waals surface area contributed by atoms with E-state index in [-0.39, 0.29) is 22.6 Å². The van der Waals surface area contributed by atoms with Crippen LogP contribution in [0.25, 0.3) is 6.08 Å². The second kappa shape index (κ2) is 10.2. The van der Waals surface area contributed by atoms with Crippen molar-refractivity contribution < 1.29 is 23.5 Å². The molecule has 3 aromatic carbocycles. The van der Waals surface area contributed by atoms with Gasteiger partial charge in [0.25, 0.3) is 5.91 Å². The third kappa shape index (κ3) is 5.43. The van der Waals surface area contributed by atoms with Gasteiger partial charge >= 0.3 is 5.97 Å². The Kier molecular flexibility index (Phi) is 7.21. The summed E-state index contributed by atoms with van der Waals surface area (Å²) in [6, 6.07) is 17.5. The third-order valence-electron chi connectivity index (χ3n) is 4.88. The van der Waals surface area contributed by atoms with E-state index in [2.05, 4.69) is 5.32 Å². The summed E-state index contributed by atoms with van der Waals surface area (Å²) < 4.78 is 24.4. The molecule has 0 aliphatic carbocycles. The van der Waals surface area contributed by atoms with Crippen LogP contribution in [0.5, 0.6) is 11.5 Å². The SMILES string of the molecule is COc1cc(/C=C(\C#N)C(=O)Nc2c(C)cccc2C)ccc1OC(=O)c1ccccc1F. The van der Waals surface area contributed by atoms with E-state index in [1.54, 1.807) is 6.07 Å².